The molecule has 0 unspecified atom stereocenters. The predicted molar refractivity (Wildman–Crippen MR) is 50.7 cm³/mol. The molecule has 8 heteroatoms. The molecule has 0 aliphatic heterocycles. The summed E-state index contributed by atoms with van der Waals surface area (Å²) in [6, 6.07) is 1.21. The minimum absolute atomic E-state index is 0.190. The molecule has 1 rings (SSSR count). The van der Waals surface area contributed by atoms with Gasteiger partial charge in [-0.3, -0.25) is 4.98 Å². The molecule has 1 heterocycles. The van der Waals surface area contributed by atoms with Gasteiger partial charge in [0.1, 0.15) is 0 Å². The molecule has 0 saturated carbocycles. The van der Waals surface area contributed by atoms with Crippen LogP contribution in [0.4, 0.5) is 13.2 Å². The van der Waals surface area contributed by atoms with E-state index < -0.39 is 24.4 Å². The van der Waals surface area contributed by atoms with E-state index in [1.165, 1.54) is 6.07 Å². The second kappa shape index (κ2) is 4.42. The number of thioether (sulfide) groups is 1. The molecule has 0 fully saturated rings. The van der Waals surface area contributed by atoms with Crippen LogP contribution >= 0.6 is 11.8 Å². The average molecular weight is 237 g/mol. The zero-order valence-electron chi connectivity index (χ0n) is 7.62. The zero-order chi connectivity index (χ0) is 11.6. The lowest BCUT2D eigenvalue weighted by atomic mass is 9.80. The third-order valence-electron chi connectivity index (χ3n) is 1.54. The van der Waals surface area contributed by atoms with Crippen LogP contribution in [0.15, 0.2) is 17.2 Å². The Balaban J connectivity index is 3.06. The molecule has 3 nitrogen and oxygen atoms in total. The van der Waals surface area contributed by atoms with Gasteiger partial charge in [-0.2, -0.15) is 13.2 Å². The van der Waals surface area contributed by atoms with Crippen LogP contribution < -0.4 is 5.46 Å². The molecular formula is C7H7BF3NO2S. The smallest absolute Gasteiger partial charge is 0.423 e. The first-order valence-electron chi connectivity index (χ1n) is 3.88. The summed E-state index contributed by atoms with van der Waals surface area (Å²) in [5.41, 5.74) is -4.24. The van der Waals surface area contributed by atoms with Crippen LogP contribution in [0, 0.1) is 6.92 Å². The topological polar surface area (TPSA) is 53.4 Å². The van der Waals surface area contributed by atoms with Crippen molar-refractivity contribution in [3.63, 3.8) is 0 Å². The van der Waals surface area contributed by atoms with Crippen LogP contribution in [-0.2, 0) is 0 Å². The molecule has 0 aliphatic carbocycles. The quantitative estimate of drug-likeness (QED) is 0.586. The maximum absolute atomic E-state index is 12.1. The highest BCUT2D eigenvalue weighted by molar-refractivity contribution is 8.00. The van der Waals surface area contributed by atoms with Gasteiger partial charge in [0.15, 0.2) is 0 Å². The number of hydrogen-bond donors (Lipinski definition) is 2. The predicted octanol–water partition coefficient (Wildman–Crippen LogP) is 0.682. The SMILES string of the molecule is Cc1cc(B(O)O)c(SC(F)(F)F)cn1. The van der Waals surface area contributed by atoms with Gasteiger partial charge in [0, 0.05) is 16.8 Å². The highest BCUT2D eigenvalue weighted by Gasteiger charge is 2.32. The van der Waals surface area contributed by atoms with Crippen molar-refractivity contribution < 1.29 is 23.2 Å². The maximum Gasteiger partial charge on any atom is 0.489 e. The fourth-order valence-corrected chi connectivity index (χ4v) is 1.62. The van der Waals surface area contributed by atoms with Crippen LogP contribution in [0.25, 0.3) is 0 Å². The molecule has 0 aromatic carbocycles. The standard InChI is InChI=1S/C7H7BF3NO2S/c1-4-2-5(8(13)14)6(3-12-4)15-7(9,10)11/h2-3,13-14H,1H3. The molecule has 0 bridgehead atoms. The Morgan fingerprint density at radius 2 is 2.00 bits per heavy atom. The van der Waals surface area contributed by atoms with E-state index in [9.17, 15) is 13.2 Å². The molecule has 1 aromatic heterocycles. The monoisotopic (exact) mass is 237 g/mol. The summed E-state index contributed by atoms with van der Waals surface area (Å²) in [5, 5.41) is 17.7. The second-order valence-corrected chi connectivity index (χ2v) is 3.89. The normalized spacial score (nSPS) is 11.6. The average Bonchev–Trinajstić information content (AvgIpc) is 2.05. The zero-order valence-corrected chi connectivity index (χ0v) is 8.43. The van der Waals surface area contributed by atoms with E-state index in [4.69, 9.17) is 10.0 Å². The molecule has 1 aromatic rings. The summed E-state index contributed by atoms with van der Waals surface area (Å²) in [4.78, 5) is 3.36. The lowest BCUT2D eigenvalue weighted by Crippen LogP contribution is -2.32. The summed E-state index contributed by atoms with van der Waals surface area (Å²) < 4.78 is 36.2. The van der Waals surface area contributed by atoms with Crippen LogP contribution in [0.5, 0.6) is 0 Å². The first-order chi connectivity index (χ1) is 6.79. The third kappa shape index (κ3) is 3.73. The molecule has 0 saturated heterocycles. The van der Waals surface area contributed by atoms with Crippen LogP contribution in [0.2, 0.25) is 0 Å². The molecule has 0 radical (unpaired) electrons. The van der Waals surface area contributed by atoms with E-state index >= 15 is 0 Å². The highest BCUT2D eigenvalue weighted by atomic mass is 32.2. The fraction of sp³-hybridized carbons (Fsp3) is 0.286. The van der Waals surface area contributed by atoms with Gasteiger partial charge >= 0.3 is 12.6 Å². The van der Waals surface area contributed by atoms with Crippen molar-refractivity contribution in [1.82, 2.24) is 4.98 Å². The van der Waals surface area contributed by atoms with E-state index in [1.807, 2.05) is 0 Å². The molecular weight excluding hydrogens is 230 g/mol. The van der Waals surface area contributed by atoms with Gasteiger partial charge < -0.3 is 10.0 Å². The van der Waals surface area contributed by atoms with Gasteiger partial charge in [-0.05, 0) is 30.2 Å². The van der Waals surface area contributed by atoms with Gasteiger partial charge in [-0.25, -0.2) is 0 Å². The van der Waals surface area contributed by atoms with Crippen LogP contribution in [0.3, 0.4) is 0 Å². The highest BCUT2D eigenvalue weighted by Crippen LogP contribution is 2.35. The van der Waals surface area contributed by atoms with Crippen molar-refractivity contribution in [2.45, 2.75) is 17.3 Å². The van der Waals surface area contributed by atoms with E-state index in [0.717, 1.165) is 6.20 Å². The summed E-state index contributed by atoms with van der Waals surface area (Å²) in [6.07, 6.45) is 0.974. The van der Waals surface area contributed by atoms with Crippen molar-refractivity contribution in [3.05, 3.63) is 18.0 Å². The Kier molecular flexibility index (Phi) is 3.64. The van der Waals surface area contributed by atoms with Gasteiger partial charge in [0.05, 0.1) is 0 Å². The van der Waals surface area contributed by atoms with Crippen molar-refractivity contribution >= 4 is 24.3 Å². The second-order valence-electron chi connectivity index (χ2n) is 2.78. The molecule has 15 heavy (non-hydrogen) atoms. The number of alkyl halides is 3. The first kappa shape index (κ1) is 12.3. The number of pyridine rings is 1. The third-order valence-corrected chi connectivity index (χ3v) is 2.33. The number of rotatable bonds is 2. The Morgan fingerprint density at radius 1 is 1.40 bits per heavy atom. The summed E-state index contributed by atoms with van der Waals surface area (Å²) >= 11 is -0.418. The number of aryl methyl sites for hydroxylation is 1. The van der Waals surface area contributed by atoms with Crippen molar-refractivity contribution in [3.8, 4) is 0 Å². The van der Waals surface area contributed by atoms with Crippen LogP contribution in [0.1, 0.15) is 5.69 Å². The van der Waals surface area contributed by atoms with Crippen molar-refractivity contribution in [1.29, 1.82) is 0 Å². The largest absolute Gasteiger partial charge is 0.489 e. The fourth-order valence-electron chi connectivity index (χ4n) is 0.980. The molecule has 0 amide bonds. The van der Waals surface area contributed by atoms with Crippen molar-refractivity contribution in [2.24, 2.45) is 0 Å². The van der Waals surface area contributed by atoms with E-state index in [2.05, 4.69) is 4.98 Å². The minimum atomic E-state index is -4.47. The van der Waals surface area contributed by atoms with Crippen molar-refractivity contribution in [2.75, 3.05) is 0 Å². The van der Waals surface area contributed by atoms with Gasteiger partial charge in [0.25, 0.3) is 0 Å². The van der Waals surface area contributed by atoms with E-state index in [0.29, 0.717) is 5.69 Å². The number of halogens is 3. The Labute approximate surface area is 88.5 Å². The van der Waals surface area contributed by atoms with E-state index in [-0.39, 0.29) is 10.4 Å². The molecule has 0 aliphatic rings. The summed E-state index contributed by atoms with van der Waals surface area (Å²) in [5.74, 6) is 0. The molecule has 82 valence electrons. The molecule has 0 atom stereocenters. The minimum Gasteiger partial charge on any atom is -0.423 e. The Morgan fingerprint density at radius 3 is 2.47 bits per heavy atom. The van der Waals surface area contributed by atoms with Gasteiger partial charge in [-0.1, -0.05) is 0 Å². The van der Waals surface area contributed by atoms with E-state index in [1.54, 1.807) is 6.92 Å². The Hall–Kier alpha value is -0.725. The van der Waals surface area contributed by atoms with Crippen LogP contribution in [-0.4, -0.2) is 27.7 Å². The lowest BCUT2D eigenvalue weighted by Gasteiger charge is -2.10. The number of nitrogens with zero attached hydrogens (tertiary/aromatic N) is 1. The summed E-state index contributed by atoms with van der Waals surface area (Å²) in [6.45, 7) is 1.55. The molecule has 0 spiro atoms. The lowest BCUT2D eigenvalue weighted by molar-refractivity contribution is -0.0327. The summed E-state index contributed by atoms with van der Waals surface area (Å²) in [7, 11) is -1.93. The molecule has 2 N–H and O–H groups in total. The first-order valence-corrected chi connectivity index (χ1v) is 4.69. The Bertz CT molecular complexity index is 359. The maximum atomic E-state index is 12.1. The van der Waals surface area contributed by atoms with Gasteiger partial charge in [0.2, 0.25) is 0 Å². The van der Waals surface area contributed by atoms with Gasteiger partial charge in [-0.15, -0.1) is 0 Å². The number of hydrogen-bond acceptors (Lipinski definition) is 4. The number of aromatic nitrogens is 1.